The molecule has 0 radical (unpaired) electrons. The lowest BCUT2D eigenvalue weighted by Gasteiger charge is -2.24. The molecule has 1 aromatic heterocycles. The van der Waals surface area contributed by atoms with Gasteiger partial charge in [-0.3, -0.25) is 30.0 Å². The number of hydrogen-bond donors (Lipinski definition) is 0. The Hall–Kier alpha value is -4.14. The molecule has 2 aromatic carbocycles. The lowest BCUT2D eigenvalue weighted by Crippen LogP contribution is -2.30. The molecular formula is C21H18N4O5. The van der Waals surface area contributed by atoms with Gasteiger partial charge in [0.25, 0.3) is 17.3 Å². The minimum atomic E-state index is -0.753. The van der Waals surface area contributed by atoms with Crippen molar-refractivity contribution in [2.75, 3.05) is 0 Å². The highest BCUT2D eigenvalue weighted by molar-refractivity contribution is 5.95. The van der Waals surface area contributed by atoms with Gasteiger partial charge in [0, 0.05) is 37.6 Å². The number of pyridine rings is 1. The Kier molecular flexibility index (Phi) is 6.11. The Labute approximate surface area is 171 Å². The molecule has 3 aromatic rings. The zero-order valence-electron chi connectivity index (χ0n) is 16.1. The molecule has 1 amide bonds. The Balaban J connectivity index is 2.02. The maximum absolute atomic E-state index is 13.3. The predicted octanol–water partition coefficient (Wildman–Crippen LogP) is 4.05. The van der Waals surface area contributed by atoms with Crippen LogP contribution in [-0.2, 0) is 13.1 Å². The summed E-state index contributed by atoms with van der Waals surface area (Å²) in [7, 11) is 0. The van der Waals surface area contributed by atoms with E-state index in [-0.39, 0.29) is 18.7 Å². The van der Waals surface area contributed by atoms with Gasteiger partial charge >= 0.3 is 0 Å². The van der Waals surface area contributed by atoms with Gasteiger partial charge in [0.05, 0.1) is 21.5 Å². The van der Waals surface area contributed by atoms with Gasteiger partial charge in [-0.05, 0) is 29.7 Å². The van der Waals surface area contributed by atoms with Crippen molar-refractivity contribution in [3.8, 4) is 0 Å². The second-order valence-electron chi connectivity index (χ2n) is 6.70. The quantitative estimate of drug-likeness (QED) is 0.431. The Morgan fingerprint density at radius 1 is 0.967 bits per heavy atom. The second kappa shape index (κ2) is 8.91. The molecule has 0 aliphatic rings. The Bertz CT molecular complexity index is 1070. The van der Waals surface area contributed by atoms with Crippen molar-refractivity contribution in [1.29, 1.82) is 0 Å². The summed E-state index contributed by atoms with van der Waals surface area (Å²) in [6.45, 7) is 2.34. The number of benzene rings is 2. The zero-order valence-corrected chi connectivity index (χ0v) is 16.1. The van der Waals surface area contributed by atoms with E-state index < -0.39 is 27.1 Å². The Morgan fingerprint density at radius 3 is 2.20 bits per heavy atom. The number of rotatable bonds is 7. The number of carbonyl (C=O) groups excluding carboxylic acids is 1. The number of aromatic nitrogens is 1. The number of aryl methyl sites for hydroxylation is 1. The third-order valence-corrected chi connectivity index (χ3v) is 4.58. The molecule has 9 nitrogen and oxygen atoms in total. The van der Waals surface area contributed by atoms with Gasteiger partial charge in [-0.1, -0.05) is 30.3 Å². The summed E-state index contributed by atoms with van der Waals surface area (Å²) >= 11 is 0. The summed E-state index contributed by atoms with van der Waals surface area (Å²) in [5, 5.41) is 22.4. The van der Waals surface area contributed by atoms with Crippen molar-refractivity contribution in [1.82, 2.24) is 9.88 Å². The minimum Gasteiger partial charge on any atom is -0.330 e. The third kappa shape index (κ3) is 4.82. The third-order valence-electron chi connectivity index (χ3n) is 4.58. The van der Waals surface area contributed by atoms with E-state index >= 15 is 0 Å². The van der Waals surface area contributed by atoms with Crippen LogP contribution in [0.1, 0.15) is 27.0 Å². The first-order valence-corrected chi connectivity index (χ1v) is 9.01. The normalized spacial score (nSPS) is 10.4. The smallest absolute Gasteiger partial charge is 0.277 e. The van der Waals surface area contributed by atoms with E-state index in [0.717, 1.165) is 34.9 Å². The number of nitro benzene ring substituents is 2. The van der Waals surface area contributed by atoms with Gasteiger partial charge in [-0.15, -0.1) is 0 Å². The van der Waals surface area contributed by atoms with Crippen LogP contribution in [0.5, 0.6) is 0 Å². The first kappa shape index (κ1) is 20.6. The van der Waals surface area contributed by atoms with Gasteiger partial charge in [0.1, 0.15) is 0 Å². The van der Waals surface area contributed by atoms with Crippen LogP contribution in [0, 0.1) is 27.2 Å². The van der Waals surface area contributed by atoms with Gasteiger partial charge in [-0.2, -0.15) is 0 Å². The SMILES string of the molecule is Cc1ccccc1CN(Cc1cccnc1)C(=O)c1cc([N+](=O)[O-])cc([N+](=O)[O-])c1. The molecule has 0 unspecified atom stereocenters. The summed E-state index contributed by atoms with van der Waals surface area (Å²) in [6.07, 6.45) is 3.23. The van der Waals surface area contributed by atoms with Crippen molar-refractivity contribution in [2.24, 2.45) is 0 Å². The molecule has 1 heterocycles. The monoisotopic (exact) mass is 406 g/mol. The van der Waals surface area contributed by atoms with Crippen LogP contribution >= 0.6 is 0 Å². The molecular weight excluding hydrogens is 388 g/mol. The highest BCUT2D eigenvalue weighted by Gasteiger charge is 2.24. The topological polar surface area (TPSA) is 119 Å². The molecule has 0 atom stereocenters. The maximum atomic E-state index is 13.3. The van der Waals surface area contributed by atoms with Crippen molar-refractivity contribution in [3.63, 3.8) is 0 Å². The Morgan fingerprint density at radius 2 is 1.63 bits per heavy atom. The van der Waals surface area contributed by atoms with E-state index in [9.17, 15) is 25.0 Å². The molecule has 0 aliphatic heterocycles. The van der Waals surface area contributed by atoms with Crippen molar-refractivity contribution < 1.29 is 14.6 Å². The van der Waals surface area contributed by atoms with Gasteiger partial charge in [0.2, 0.25) is 0 Å². The molecule has 0 saturated heterocycles. The molecule has 30 heavy (non-hydrogen) atoms. The van der Waals surface area contributed by atoms with Gasteiger partial charge in [-0.25, -0.2) is 0 Å². The maximum Gasteiger partial charge on any atom is 0.277 e. The molecule has 0 spiro atoms. The van der Waals surface area contributed by atoms with E-state index in [1.807, 2.05) is 31.2 Å². The van der Waals surface area contributed by atoms with Gasteiger partial charge in [0.15, 0.2) is 0 Å². The summed E-state index contributed by atoms with van der Waals surface area (Å²) in [4.78, 5) is 39.7. The summed E-state index contributed by atoms with van der Waals surface area (Å²) < 4.78 is 0. The zero-order chi connectivity index (χ0) is 21.7. The lowest BCUT2D eigenvalue weighted by atomic mass is 10.1. The van der Waals surface area contributed by atoms with Crippen LogP contribution in [-0.4, -0.2) is 25.6 Å². The number of carbonyl (C=O) groups is 1. The van der Waals surface area contributed by atoms with Crippen molar-refractivity contribution in [2.45, 2.75) is 20.0 Å². The molecule has 0 saturated carbocycles. The number of nitrogens with zero attached hydrogens (tertiary/aromatic N) is 4. The fraction of sp³-hybridized carbons (Fsp3) is 0.143. The van der Waals surface area contributed by atoms with Crippen LogP contribution in [0.3, 0.4) is 0 Å². The number of nitro groups is 2. The van der Waals surface area contributed by atoms with E-state index in [1.54, 1.807) is 24.5 Å². The summed E-state index contributed by atoms with van der Waals surface area (Å²) in [5.41, 5.74) is 1.50. The van der Waals surface area contributed by atoms with Crippen LogP contribution in [0.15, 0.2) is 67.0 Å². The first-order chi connectivity index (χ1) is 14.3. The summed E-state index contributed by atoms with van der Waals surface area (Å²) in [5.74, 6) is -0.547. The van der Waals surface area contributed by atoms with E-state index in [4.69, 9.17) is 0 Å². The number of non-ortho nitro benzene ring substituents is 2. The molecule has 0 N–H and O–H groups in total. The fourth-order valence-corrected chi connectivity index (χ4v) is 3.02. The molecule has 0 aliphatic carbocycles. The van der Waals surface area contributed by atoms with Gasteiger partial charge < -0.3 is 4.90 Å². The lowest BCUT2D eigenvalue weighted by molar-refractivity contribution is -0.394. The average molecular weight is 406 g/mol. The van der Waals surface area contributed by atoms with Crippen LogP contribution < -0.4 is 0 Å². The van der Waals surface area contributed by atoms with Crippen LogP contribution in [0.2, 0.25) is 0 Å². The standard InChI is InChI=1S/C21H18N4O5/c1-15-5-2-3-7-17(15)14-23(13-16-6-4-8-22-12-16)21(26)18-9-19(24(27)28)11-20(10-18)25(29)30/h2-12H,13-14H2,1H3. The number of hydrogen-bond acceptors (Lipinski definition) is 6. The molecule has 0 bridgehead atoms. The average Bonchev–Trinajstić information content (AvgIpc) is 2.74. The molecule has 9 heteroatoms. The first-order valence-electron chi connectivity index (χ1n) is 9.01. The van der Waals surface area contributed by atoms with E-state index in [1.165, 1.54) is 4.90 Å². The predicted molar refractivity (Wildman–Crippen MR) is 109 cm³/mol. The van der Waals surface area contributed by atoms with Crippen LogP contribution in [0.25, 0.3) is 0 Å². The molecule has 3 rings (SSSR count). The van der Waals surface area contributed by atoms with Crippen LogP contribution in [0.4, 0.5) is 11.4 Å². The minimum absolute atomic E-state index is 0.117. The van der Waals surface area contributed by atoms with E-state index in [2.05, 4.69) is 4.98 Å². The summed E-state index contributed by atoms with van der Waals surface area (Å²) in [6, 6.07) is 14.0. The number of amides is 1. The van der Waals surface area contributed by atoms with E-state index in [0.29, 0.717) is 0 Å². The molecule has 152 valence electrons. The highest BCUT2D eigenvalue weighted by Crippen LogP contribution is 2.25. The van der Waals surface area contributed by atoms with Crippen molar-refractivity contribution in [3.05, 3.63) is 109 Å². The highest BCUT2D eigenvalue weighted by atomic mass is 16.6. The largest absolute Gasteiger partial charge is 0.330 e. The second-order valence-corrected chi connectivity index (χ2v) is 6.70. The molecule has 0 fully saturated rings. The fourth-order valence-electron chi connectivity index (χ4n) is 3.02. The van der Waals surface area contributed by atoms with Crippen molar-refractivity contribution >= 4 is 17.3 Å².